The summed E-state index contributed by atoms with van der Waals surface area (Å²) in [5, 5.41) is 11.8. The number of nitrogens with zero attached hydrogens (tertiary/aromatic N) is 1. The van der Waals surface area contributed by atoms with Crippen LogP contribution in [0.5, 0.6) is 0 Å². The molecule has 0 aliphatic carbocycles. The molecule has 17 heavy (non-hydrogen) atoms. The second kappa shape index (κ2) is 4.96. The molecular weight excluding hydrogens is 258 g/mol. The van der Waals surface area contributed by atoms with E-state index in [0.717, 1.165) is 12.0 Å². The van der Waals surface area contributed by atoms with Crippen LogP contribution in [-0.4, -0.2) is 35.1 Å². The third kappa shape index (κ3) is 2.21. The third-order valence-corrected chi connectivity index (χ3v) is 5.11. The van der Waals surface area contributed by atoms with E-state index in [-0.39, 0.29) is 18.6 Å². The number of aryl methyl sites for hydroxylation is 1. The molecule has 3 nitrogen and oxygen atoms in total. The molecule has 1 aliphatic rings. The average Bonchev–Trinajstić information content (AvgIpc) is 2.83. The van der Waals surface area contributed by atoms with Gasteiger partial charge in [-0.2, -0.15) is 0 Å². The van der Waals surface area contributed by atoms with E-state index in [2.05, 4.69) is 6.92 Å². The number of thiophene rings is 1. The zero-order valence-corrected chi connectivity index (χ0v) is 11.5. The lowest BCUT2D eigenvalue weighted by Crippen LogP contribution is -2.39. The Morgan fingerprint density at radius 1 is 1.71 bits per heavy atom. The molecule has 5 heteroatoms. The SMILES string of the molecule is Cc1csc(C(=O)N2CCC(C)C2CO)c1Cl. The molecule has 1 amide bonds. The summed E-state index contributed by atoms with van der Waals surface area (Å²) in [6.07, 6.45) is 0.943. The molecule has 1 aliphatic heterocycles. The van der Waals surface area contributed by atoms with Crippen molar-refractivity contribution in [3.05, 3.63) is 20.8 Å². The number of amides is 1. The summed E-state index contributed by atoms with van der Waals surface area (Å²) < 4.78 is 0. The maximum atomic E-state index is 12.3. The van der Waals surface area contributed by atoms with Crippen LogP contribution in [0.25, 0.3) is 0 Å². The zero-order chi connectivity index (χ0) is 12.6. The van der Waals surface area contributed by atoms with Crippen LogP contribution >= 0.6 is 22.9 Å². The number of hydrogen-bond donors (Lipinski definition) is 1. The van der Waals surface area contributed by atoms with E-state index in [1.165, 1.54) is 11.3 Å². The van der Waals surface area contributed by atoms with E-state index >= 15 is 0 Å². The Bertz CT molecular complexity index is 432. The van der Waals surface area contributed by atoms with Gasteiger partial charge in [0.15, 0.2) is 0 Å². The first-order valence-corrected chi connectivity index (χ1v) is 6.97. The van der Waals surface area contributed by atoms with Crippen LogP contribution in [0.15, 0.2) is 5.38 Å². The Labute approximate surface area is 110 Å². The molecule has 1 saturated heterocycles. The van der Waals surface area contributed by atoms with Gasteiger partial charge in [-0.1, -0.05) is 18.5 Å². The van der Waals surface area contributed by atoms with Gasteiger partial charge in [0.1, 0.15) is 4.88 Å². The number of carbonyl (C=O) groups excluding carboxylic acids is 1. The Morgan fingerprint density at radius 3 is 2.94 bits per heavy atom. The molecule has 0 aromatic carbocycles. The molecule has 1 N–H and O–H groups in total. The van der Waals surface area contributed by atoms with Gasteiger partial charge in [-0.15, -0.1) is 11.3 Å². The summed E-state index contributed by atoms with van der Waals surface area (Å²) in [7, 11) is 0. The molecule has 2 heterocycles. The van der Waals surface area contributed by atoms with Gasteiger partial charge in [0.25, 0.3) is 5.91 Å². The molecule has 0 radical (unpaired) electrons. The number of halogens is 1. The summed E-state index contributed by atoms with van der Waals surface area (Å²) in [5.74, 6) is 0.306. The number of aliphatic hydroxyl groups excluding tert-OH is 1. The van der Waals surface area contributed by atoms with Crippen molar-refractivity contribution in [1.29, 1.82) is 0 Å². The van der Waals surface area contributed by atoms with Crippen molar-refractivity contribution in [3.63, 3.8) is 0 Å². The molecule has 2 unspecified atom stereocenters. The van der Waals surface area contributed by atoms with Crippen molar-refractivity contribution in [2.75, 3.05) is 13.2 Å². The van der Waals surface area contributed by atoms with Crippen LogP contribution in [0, 0.1) is 12.8 Å². The molecule has 1 aromatic rings. The predicted molar refractivity (Wildman–Crippen MR) is 69.8 cm³/mol. The summed E-state index contributed by atoms with van der Waals surface area (Å²) in [4.78, 5) is 14.7. The van der Waals surface area contributed by atoms with Gasteiger partial charge in [-0.25, -0.2) is 0 Å². The van der Waals surface area contributed by atoms with E-state index in [1.54, 1.807) is 4.90 Å². The predicted octanol–water partition coefficient (Wildman–Crippen LogP) is 2.55. The largest absolute Gasteiger partial charge is 0.394 e. The van der Waals surface area contributed by atoms with Crippen molar-refractivity contribution in [1.82, 2.24) is 4.90 Å². The van der Waals surface area contributed by atoms with Crippen LogP contribution in [0.2, 0.25) is 5.02 Å². The minimum Gasteiger partial charge on any atom is -0.394 e. The average molecular weight is 274 g/mol. The second-order valence-corrected chi connectivity index (χ2v) is 5.83. The maximum absolute atomic E-state index is 12.3. The number of aliphatic hydroxyl groups is 1. The molecule has 2 atom stereocenters. The fourth-order valence-electron chi connectivity index (χ4n) is 2.24. The Hall–Kier alpha value is -0.580. The summed E-state index contributed by atoms with van der Waals surface area (Å²) in [5.41, 5.74) is 0.938. The Morgan fingerprint density at radius 2 is 2.41 bits per heavy atom. The molecule has 0 spiro atoms. The second-order valence-electron chi connectivity index (χ2n) is 4.58. The van der Waals surface area contributed by atoms with E-state index in [1.807, 2.05) is 12.3 Å². The first-order chi connectivity index (χ1) is 8.06. The fourth-order valence-corrected chi connectivity index (χ4v) is 3.47. The molecule has 0 saturated carbocycles. The van der Waals surface area contributed by atoms with Crippen molar-refractivity contribution >= 4 is 28.8 Å². The van der Waals surface area contributed by atoms with Crippen molar-refractivity contribution in [2.45, 2.75) is 26.3 Å². The monoisotopic (exact) mass is 273 g/mol. The smallest absolute Gasteiger partial charge is 0.265 e. The highest BCUT2D eigenvalue weighted by molar-refractivity contribution is 7.13. The standard InChI is InChI=1S/C12H16ClNO2S/c1-7-3-4-14(9(7)5-15)12(16)11-10(13)8(2)6-17-11/h6-7,9,15H,3-5H2,1-2H3. The molecule has 1 aromatic heterocycles. The van der Waals surface area contributed by atoms with Crippen LogP contribution in [0.3, 0.4) is 0 Å². The van der Waals surface area contributed by atoms with Gasteiger partial charge < -0.3 is 10.0 Å². The normalized spacial score (nSPS) is 24.4. The first-order valence-electron chi connectivity index (χ1n) is 5.71. The molecule has 0 bridgehead atoms. The minimum atomic E-state index is -0.0685. The van der Waals surface area contributed by atoms with E-state index < -0.39 is 0 Å². The lowest BCUT2D eigenvalue weighted by atomic mass is 10.0. The lowest BCUT2D eigenvalue weighted by Gasteiger charge is -2.24. The summed E-state index contributed by atoms with van der Waals surface area (Å²) in [6, 6.07) is -0.0685. The number of rotatable bonds is 2. The number of likely N-dealkylation sites (tertiary alicyclic amines) is 1. The number of hydrogen-bond acceptors (Lipinski definition) is 3. The van der Waals surface area contributed by atoms with Gasteiger partial charge in [0.05, 0.1) is 17.7 Å². The Balaban J connectivity index is 2.23. The first kappa shape index (κ1) is 12.9. The quantitative estimate of drug-likeness (QED) is 0.900. The molecular formula is C12H16ClNO2S. The summed E-state index contributed by atoms with van der Waals surface area (Å²) in [6.45, 7) is 4.69. The lowest BCUT2D eigenvalue weighted by molar-refractivity contribution is 0.0653. The third-order valence-electron chi connectivity index (χ3n) is 3.42. The van der Waals surface area contributed by atoms with Crippen LogP contribution in [-0.2, 0) is 0 Å². The van der Waals surface area contributed by atoms with Crippen LogP contribution in [0.1, 0.15) is 28.6 Å². The highest BCUT2D eigenvalue weighted by Gasteiger charge is 2.35. The van der Waals surface area contributed by atoms with Crippen LogP contribution < -0.4 is 0 Å². The van der Waals surface area contributed by atoms with Crippen molar-refractivity contribution < 1.29 is 9.90 Å². The van der Waals surface area contributed by atoms with Gasteiger partial charge >= 0.3 is 0 Å². The van der Waals surface area contributed by atoms with E-state index in [9.17, 15) is 9.90 Å². The topological polar surface area (TPSA) is 40.5 Å². The van der Waals surface area contributed by atoms with Gasteiger partial charge in [0, 0.05) is 6.54 Å². The molecule has 1 fully saturated rings. The number of carbonyl (C=O) groups is 1. The summed E-state index contributed by atoms with van der Waals surface area (Å²) >= 11 is 7.49. The van der Waals surface area contributed by atoms with Crippen molar-refractivity contribution in [2.24, 2.45) is 5.92 Å². The molecule has 2 rings (SSSR count). The van der Waals surface area contributed by atoms with Gasteiger partial charge in [-0.05, 0) is 30.2 Å². The Kier molecular flexibility index (Phi) is 3.76. The van der Waals surface area contributed by atoms with Crippen molar-refractivity contribution in [3.8, 4) is 0 Å². The van der Waals surface area contributed by atoms with E-state index in [4.69, 9.17) is 11.6 Å². The highest BCUT2D eigenvalue weighted by atomic mass is 35.5. The highest BCUT2D eigenvalue weighted by Crippen LogP contribution is 2.32. The zero-order valence-electron chi connectivity index (χ0n) is 9.94. The van der Waals surface area contributed by atoms with Gasteiger partial charge in [-0.3, -0.25) is 4.79 Å². The molecule has 94 valence electrons. The minimum absolute atomic E-state index is 0.0227. The fraction of sp³-hybridized carbons (Fsp3) is 0.583. The van der Waals surface area contributed by atoms with Crippen LogP contribution in [0.4, 0.5) is 0 Å². The maximum Gasteiger partial charge on any atom is 0.265 e. The van der Waals surface area contributed by atoms with Gasteiger partial charge in [0.2, 0.25) is 0 Å². The van der Waals surface area contributed by atoms with E-state index in [0.29, 0.717) is 22.4 Å².